The van der Waals surface area contributed by atoms with Crippen molar-refractivity contribution in [2.24, 2.45) is 0 Å². The van der Waals surface area contributed by atoms with Gasteiger partial charge in [0.1, 0.15) is 0 Å². The van der Waals surface area contributed by atoms with Crippen molar-refractivity contribution in [1.82, 2.24) is 0 Å². The molecular formula is C21H13BrS4. The maximum atomic E-state index is 3.63. The number of alkyl halides is 1. The predicted octanol–water partition coefficient (Wildman–Crippen LogP) is 6.92. The standard InChI is InChI=1S/C21H13BrS4/c22-12-13-5-6-16-17(11-13)19(21-25-9-10-26-21)15-4-2-1-3-14(15)18(16)20-23-7-8-24-20/h1-11H,12H2. The number of fused-ring (bicyclic) bond motifs is 2. The molecule has 0 spiro atoms. The zero-order chi connectivity index (χ0) is 17.5. The van der Waals surface area contributed by atoms with Gasteiger partial charge in [0.2, 0.25) is 0 Å². The maximum Gasteiger partial charge on any atom is 0.0571 e. The molecule has 2 heterocycles. The van der Waals surface area contributed by atoms with Crippen LogP contribution in [0.2, 0.25) is 0 Å². The Morgan fingerprint density at radius 1 is 0.615 bits per heavy atom. The van der Waals surface area contributed by atoms with Crippen molar-refractivity contribution in [1.29, 1.82) is 0 Å². The minimum absolute atomic E-state index is 0.875. The molecule has 3 aromatic rings. The second-order valence-corrected chi connectivity index (χ2v) is 10.6. The minimum Gasteiger partial charge on any atom is -0.0895 e. The van der Waals surface area contributed by atoms with E-state index in [0.29, 0.717) is 0 Å². The van der Waals surface area contributed by atoms with Crippen LogP contribution in [0.1, 0.15) is 5.56 Å². The van der Waals surface area contributed by atoms with Crippen LogP contribution in [-0.2, 0) is 5.33 Å². The zero-order valence-corrected chi connectivity index (χ0v) is 18.4. The Labute approximate surface area is 177 Å². The first kappa shape index (κ1) is 17.4. The van der Waals surface area contributed by atoms with E-state index in [9.17, 15) is 0 Å². The van der Waals surface area contributed by atoms with Gasteiger partial charge in [0.15, 0.2) is 0 Å². The van der Waals surface area contributed by atoms with Crippen molar-refractivity contribution in [2.45, 2.75) is 5.33 Å². The van der Waals surface area contributed by atoms with Crippen LogP contribution in [0.5, 0.6) is 0 Å². The van der Waals surface area contributed by atoms with E-state index in [0.717, 1.165) is 5.33 Å². The molecule has 0 aromatic heterocycles. The third kappa shape index (κ3) is 2.89. The predicted molar refractivity (Wildman–Crippen MR) is 129 cm³/mol. The summed E-state index contributed by atoms with van der Waals surface area (Å²) in [7, 11) is 0. The van der Waals surface area contributed by atoms with Crippen LogP contribution in [0.3, 0.4) is 0 Å². The SMILES string of the molecule is BrCc1ccc2c(=C3SC=CS3)c3ccccc3c(=C3SC=CS3)c2c1. The van der Waals surface area contributed by atoms with E-state index < -0.39 is 0 Å². The molecule has 128 valence electrons. The number of benzene rings is 3. The number of halogens is 1. The molecule has 0 unspecified atom stereocenters. The Morgan fingerprint density at radius 3 is 1.65 bits per heavy atom. The van der Waals surface area contributed by atoms with Crippen molar-refractivity contribution >= 4 is 93.0 Å². The van der Waals surface area contributed by atoms with Crippen LogP contribution in [-0.4, -0.2) is 0 Å². The first-order chi connectivity index (χ1) is 12.9. The van der Waals surface area contributed by atoms with Crippen molar-refractivity contribution in [3.63, 3.8) is 0 Å². The molecule has 3 aromatic carbocycles. The molecular weight excluding hydrogens is 460 g/mol. The molecule has 0 amide bonds. The lowest BCUT2D eigenvalue weighted by Crippen LogP contribution is -2.17. The molecule has 0 N–H and O–H groups in total. The highest BCUT2D eigenvalue weighted by atomic mass is 79.9. The van der Waals surface area contributed by atoms with E-state index in [2.05, 4.69) is 80.0 Å². The maximum absolute atomic E-state index is 3.63. The van der Waals surface area contributed by atoms with E-state index >= 15 is 0 Å². The van der Waals surface area contributed by atoms with Crippen LogP contribution in [0, 0.1) is 0 Å². The molecule has 0 nitrogen and oxygen atoms in total. The van der Waals surface area contributed by atoms with Gasteiger partial charge < -0.3 is 0 Å². The summed E-state index contributed by atoms with van der Waals surface area (Å²) >= 11 is 11.0. The monoisotopic (exact) mass is 472 g/mol. The van der Waals surface area contributed by atoms with E-state index in [-0.39, 0.29) is 0 Å². The lowest BCUT2D eigenvalue weighted by Gasteiger charge is -2.12. The molecule has 0 radical (unpaired) electrons. The number of rotatable bonds is 1. The van der Waals surface area contributed by atoms with Gasteiger partial charge in [-0.1, -0.05) is 99.4 Å². The van der Waals surface area contributed by atoms with E-state index in [1.165, 1.54) is 46.0 Å². The van der Waals surface area contributed by atoms with Crippen molar-refractivity contribution in [3.8, 4) is 0 Å². The van der Waals surface area contributed by atoms with Crippen LogP contribution in [0.4, 0.5) is 0 Å². The smallest absolute Gasteiger partial charge is 0.0571 e. The lowest BCUT2D eigenvalue weighted by molar-refractivity contribution is 1.46. The second-order valence-electron chi connectivity index (χ2n) is 5.90. The highest BCUT2D eigenvalue weighted by Crippen LogP contribution is 2.41. The molecule has 5 heteroatoms. The normalized spacial score (nSPS) is 16.5. The van der Waals surface area contributed by atoms with Crippen LogP contribution < -0.4 is 10.4 Å². The summed E-state index contributed by atoms with van der Waals surface area (Å²) in [5.41, 5.74) is 1.32. The highest BCUT2D eigenvalue weighted by Gasteiger charge is 2.15. The molecule has 0 fully saturated rings. The summed E-state index contributed by atoms with van der Waals surface area (Å²) in [6.45, 7) is 0. The Bertz CT molecular complexity index is 1200. The quantitative estimate of drug-likeness (QED) is 0.278. The Kier molecular flexibility index (Phi) is 4.92. The van der Waals surface area contributed by atoms with Gasteiger partial charge in [-0.05, 0) is 54.8 Å². The number of hydrogen-bond donors (Lipinski definition) is 0. The summed E-state index contributed by atoms with van der Waals surface area (Å²) < 4.78 is 2.75. The van der Waals surface area contributed by atoms with Gasteiger partial charge in [-0.3, -0.25) is 0 Å². The summed E-state index contributed by atoms with van der Waals surface area (Å²) in [6, 6.07) is 15.8. The molecule has 0 saturated heterocycles. The average molecular weight is 474 g/mol. The van der Waals surface area contributed by atoms with Gasteiger partial charge in [-0.2, -0.15) is 0 Å². The van der Waals surface area contributed by atoms with Gasteiger partial charge in [0.05, 0.1) is 8.47 Å². The molecule has 2 aliphatic heterocycles. The minimum atomic E-state index is 0.875. The molecule has 0 bridgehead atoms. The highest BCUT2D eigenvalue weighted by molar-refractivity contribution is 9.08. The molecule has 0 aliphatic carbocycles. The molecule has 2 aliphatic rings. The van der Waals surface area contributed by atoms with E-state index in [4.69, 9.17) is 0 Å². The largest absolute Gasteiger partial charge is 0.0895 e. The molecule has 26 heavy (non-hydrogen) atoms. The van der Waals surface area contributed by atoms with E-state index in [1.807, 2.05) is 47.0 Å². The topological polar surface area (TPSA) is 0 Å². The van der Waals surface area contributed by atoms with Crippen LogP contribution in [0.15, 0.2) is 64.1 Å². The molecule has 0 saturated carbocycles. The van der Waals surface area contributed by atoms with Gasteiger partial charge in [-0.15, -0.1) is 0 Å². The fourth-order valence-corrected chi connectivity index (χ4v) is 7.59. The third-order valence-corrected chi connectivity index (χ3v) is 9.37. The Morgan fingerprint density at radius 2 is 1.12 bits per heavy atom. The van der Waals surface area contributed by atoms with Gasteiger partial charge in [0, 0.05) is 15.8 Å². The van der Waals surface area contributed by atoms with Gasteiger partial charge in [-0.25, -0.2) is 0 Å². The molecule has 5 rings (SSSR count). The van der Waals surface area contributed by atoms with Crippen molar-refractivity contribution in [3.05, 3.63) is 80.1 Å². The van der Waals surface area contributed by atoms with Crippen molar-refractivity contribution in [2.75, 3.05) is 0 Å². The zero-order valence-electron chi connectivity index (χ0n) is 13.6. The lowest BCUT2D eigenvalue weighted by atomic mass is 9.97. The molecule has 0 atom stereocenters. The third-order valence-electron chi connectivity index (χ3n) is 4.46. The number of hydrogen-bond acceptors (Lipinski definition) is 4. The summed E-state index contributed by atoms with van der Waals surface area (Å²) in [5.74, 6) is 0. The first-order valence-corrected chi connectivity index (χ1v) is 12.8. The first-order valence-electron chi connectivity index (χ1n) is 8.11. The fourth-order valence-electron chi connectivity index (χ4n) is 3.40. The summed E-state index contributed by atoms with van der Waals surface area (Å²) in [6.07, 6.45) is 0. The summed E-state index contributed by atoms with van der Waals surface area (Å²) in [5, 5.41) is 17.8. The van der Waals surface area contributed by atoms with Crippen LogP contribution in [0.25, 0.3) is 30.0 Å². The Hall–Kier alpha value is -0.720. The van der Waals surface area contributed by atoms with Crippen LogP contribution >= 0.6 is 63.0 Å². The van der Waals surface area contributed by atoms with Gasteiger partial charge >= 0.3 is 0 Å². The van der Waals surface area contributed by atoms with E-state index in [1.54, 1.807) is 0 Å². The number of thioether (sulfide) groups is 4. The fraction of sp³-hybridized carbons (Fsp3) is 0.0476. The van der Waals surface area contributed by atoms with Gasteiger partial charge in [0.25, 0.3) is 0 Å². The summed E-state index contributed by atoms with van der Waals surface area (Å²) in [4.78, 5) is 0. The van der Waals surface area contributed by atoms with Crippen molar-refractivity contribution < 1.29 is 0 Å². The second kappa shape index (κ2) is 7.36. The average Bonchev–Trinajstić information content (AvgIpc) is 3.39. The Balaban J connectivity index is 2.09.